The molecule has 0 atom stereocenters. The summed E-state index contributed by atoms with van der Waals surface area (Å²) in [6.45, 7) is 0. The Bertz CT molecular complexity index is 254. The van der Waals surface area contributed by atoms with Crippen molar-refractivity contribution in [2.75, 3.05) is 0 Å². The second-order valence-corrected chi connectivity index (χ2v) is 2.06. The molecule has 1 aromatic carbocycles. The third-order valence-electron chi connectivity index (χ3n) is 0.954. The molecule has 0 bridgehead atoms. The number of nitrogens with two attached hydrogens (primary N) is 2. The van der Waals surface area contributed by atoms with Gasteiger partial charge in [0.05, 0.1) is 11.6 Å². The fraction of sp³-hybridized carbons (Fsp3) is 0. The van der Waals surface area contributed by atoms with E-state index in [4.69, 9.17) is 16.9 Å². The lowest BCUT2D eigenvalue weighted by Gasteiger charge is -1.86. The third kappa shape index (κ3) is 3.58. The first-order valence-electron chi connectivity index (χ1n) is 2.82. The van der Waals surface area contributed by atoms with Crippen LogP contribution in [0.25, 0.3) is 0 Å². The van der Waals surface area contributed by atoms with E-state index in [-0.39, 0.29) is 0 Å². The van der Waals surface area contributed by atoms with E-state index >= 15 is 0 Å². The molecule has 0 unspecified atom stereocenters. The van der Waals surface area contributed by atoms with E-state index in [1.807, 2.05) is 6.07 Å². The summed E-state index contributed by atoms with van der Waals surface area (Å²) < 4.78 is 0. The zero-order valence-corrected chi connectivity index (χ0v) is 6.55. The third-order valence-corrected chi connectivity index (χ3v) is 1.19. The minimum atomic E-state index is 0.600. The van der Waals surface area contributed by atoms with Crippen LogP contribution in [0.4, 0.5) is 0 Å². The Kier molecular flexibility index (Phi) is 5.13. The second-order valence-electron chi connectivity index (χ2n) is 1.62. The zero-order chi connectivity index (χ0) is 8.69. The number of nitriles is 1. The van der Waals surface area contributed by atoms with Gasteiger partial charge in [-0.25, -0.2) is 0 Å². The highest BCUT2D eigenvalue weighted by Gasteiger charge is 1.87. The monoisotopic (exact) mass is 169 g/mol. The summed E-state index contributed by atoms with van der Waals surface area (Å²) in [5.41, 5.74) is 0.600. The van der Waals surface area contributed by atoms with Crippen LogP contribution in [-0.2, 0) is 0 Å². The maximum absolute atomic E-state index is 8.35. The Hall–Kier alpha value is -1.08. The standard InChI is InChI=1S/C7H4ClN.H4N2/c8-7-3-1-2-6(4-7)5-9;1-2/h1-4H;1-2H2. The molecule has 0 aliphatic carbocycles. The maximum atomic E-state index is 8.35. The molecule has 0 spiro atoms. The Labute approximate surface area is 70.1 Å². The van der Waals surface area contributed by atoms with Crippen LogP contribution in [0, 0.1) is 11.3 Å². The molecule has 0 aliphatic rings. The molecule has 1 aromatic rings. The molecule has 0 saturated carbocycles. The van der Waals surface area contributed by atoms with Crippen molar-refractivity contribution in [1.82, 2.24) is 0 Å². The van der Waals surface area contributed by atoms with Crippen LogP contribution >= 0.6 is 11.6 Å². The number of hydrogen-bond acceptors (Lipinski definition) is 3. The lowest BCUT2D eigenvalue weighted by molar-refractivity contribution is 1.26. The molecular weight excluding hydrogens is 162 g/mol. The largest absolute Gasteiger partial charge is 0.274 e. The summed E-state index contributed by atoms with van der Waals surface area (Å²) in [5.74, 6) is 8.00. The van der Waals surface area contributed by atoms with E-state index in [9.17, 15) is 0 Å². The van der Waals surface area contributed by atoms with Crippen molar-refractivity contribution in [3.8, 4) is 6.07 Å². The second kappa shape index (κ2) is 5.69. The van der Waals surface area contributed by atoms with Crippen molar-refractivity contribution in [1.29, 1.82) is 5.26 Å². The van der Waals surface area contributed by atoms with Gasteiger partial charge in [-0.1, -0.05) is 17.7 Å². The number of rotatable bonds is 0. The summed E-state index contributed by atoms with van der Waals surface area (Å²) in [4.78, 5) is 0. The Morgan fingerprint density at radius 1 is 1.36 bits per heavy atom. The fourth-order valence-corrected chi connectivity index (χ4v) is 0.748. The lowest BCUT2D eigenvalue weighted by Crippen LogP contribution is -2.02. The fourth-order valence-electron chi connectivity index (χ4n) is 0.558. The highest BCUT2D eigenvalue weighted by atomic mass is 35.5. The number of hydrazine groups is 1. The van der Waals surface area contributed by atoms with Crippen LogP contribution in [0.2, 0.25) is 5.02 Å². The molecule has 0 fully saturated rings. The van der Waals surface area contributed by atoms with E-state index < -0.39 is 0 Å². The van der Waals surface area contributed by atoms with Crippen LogP contribution in [0.1, 0.15) is 5.56 Å². The van der Waals surface area contributed by atoms with E-state index in [1.165, 1.54) is 0 Å². The van der Waals surface area contributed by atoms with Crippen LogP contribution in [0.3, 0.4) is 0 Å². The minimum absolute atomic E-state index is 0.600. The minimum Gasteiger partial charge on any atom is -0.274 e. The van der Waals surface area contributed by atoms with Crippen molar-refractivity contribution in [3.05, 3.63) is 34.9 Å². The molecule has 0 aromatic heterocycles. The molecule has 58 valence electrons. The quantitative estimate of drug-likeness (QED) is 0.450. The molecule has 0 heterocycles. The smallest absolute Gasteiger partial charge is 0.0992 e. The van der Waals surface area contributed by atoms with Gasteiger partial charge in [0.1, 0.15) is 0 Å². The van der Waals surface area contributed by atoms with Gasteiger partial charge in [-0.3, -0.25) is 11.7 Å². The van der Waals surface area contributed by atoms with Gasteiger partial charge in [-0.2, -0.15) is 5.26 Å². The molecule has 4 heteroatoms. The first-order chi connectivity index (χ1) is 5.33. The average molecular weight is 170 g/mol. The molecule has 0 aliphatic heterocycles. The topological polar surface area (TPSA) is 75.8 Å². The van der Waals surface area contributed by atoms with Gasteiger partial charge in [-0.15, -0.1) is 0 Å². The molecule has 1 rings (SSSR count). The van der Waals surface area contributed by atoms with E-state index in [0.29, 0.717) is 10.6 Å². The zero-order valence-electron chi connectivity index (χ0n) is 5.79. The van der Waals surface area contributed by atoms with E-state index in [1.54, 1.807) is 24.3 Å². The highest BCUT2D eigenvalue weighted by Crippen LogP contribution is 2.08. The van der Waals surface area contributed by atoms with Gasteiger partial charge < -0.3 is 0 Å². The first kappa shape index (κ1) is 9.92. The van der Waals surface area contributed by atoms with Crippen molar-refractivity contribution in [2.45, 2.75) is 0 Å². The van der Waals surface area contributed by atoms with Gasteiger partial charge in [0, 0.05) is 5.02 Å². The van der Waals surface area contributed by atoms with Crippen molar-refractivity contribution < 1.29 is 0 Å². The normalized spacial score (nSPS) is 7.45. The summed E-state index contributed by atoms with van der Waals surface area (Å²) in [6.07, 6.45) is 0. The lowest BCUT2D eigenvalue weighted by atomic mass is 10.2. The SMILES string of the molecule is N#Cc1cccc(Cl)c1.NN. The highest BCUT2D eigenvalue weighted by molar-refractivity contribution is 6.30. The Balaban J connectivity index is 0.000000461. The number of nitrogens with zero attached hydrogens (tertiary/aromatic N) is 1. The van der Waals surface area contributed by atoms with Crippen LogP contribution in [0.15, 0.2) is 24.3 Å². The maximum Gasteiger partial charge on any atom is 0.0992 e. The van der Waals surface area contributed by atoms with Gasteiger partial charge in [0.15, 0.2) is 0 Å². The van der Waals surface area contributed by atoms with Crippen LogP contribution in [-0.4, -0.2) is 0 Å². The molecule has 0 radical (unpaired) electrons. The predicted octanol–water partition coefficient (Wildman–Crippen LogP) is 1.03. The van der Waals surface area contributed by atoms with Gasteiger partial charge in [0.2, 0.25) is 0 Å². The van der Waals surface area contributed by atoms with Crippen molar-refractivity contribution >= 4 is 11.6 Å². The number of halogens is 1. The van der Waals surface area contributed by atoms with Gasteiger partial charge in [0.25, 0.3) is 0 Å². The predicted molar refractivity (Wildman–Crippen MR) is 44.5 cm³/mol. The number of benzene rings is 1. The Morgan fingerprint density at radius 2 is 2.00 bits per heavy atom. The first-order valence-corrected chi connectivity index (χ1v) is 3.20. The van der Waals surface area contributed by atoms with E-state index in [0.717, 1.165) is 0 Å². The molecular formula is C7H8ClN3. The van der Waals surface area contributed by atoms with Crippen molar-refractivity contribution in [3.63, 3.8) is 0 Å². The van der Waals surface area contributed by atoms with Crippen molar-refractivity contribution in [2.24, 2.45) is 11.7 Å². The summed E-state index contributed by atoms with van der Waals surface area (Å²) in [5, 5.41) is 8.96. The molecule has 11 heavy (non-hydrogen) atoms. The molecule has 3 nitrogen and oxygen atoms in total. The van der Waals surface area contributed by atoms with Gasteiger partial charge >= 0.3 is 0 Å². The summed E-state index contributed by atoms with van der Waals surface area (Å²) >= 11 is 5.57. The summed E-state index contributed by atoms with van der Waals surface area (Å²) in [7, 11) is 0. The van der Waals surface area contributed by atoms with Gasteiger partial charge in [-0.05, 0) is 18.2 Å². The average Bonchev–Trinajstić information content (AvgIpc) is 2.08. The van der Waals surface area contributed by atoms with E-state index in [2.05, 4.69) is 11.7 Å². The van der Waals surface area contributed by atoms with Crippen LogP contribution < -0.4 is 11.7 Å². The van der Waals surface area contributed by atoms with Crippen LogP contribution in [0.5, 0.6) is 0 Å². The Morgan fingerprint density at radius 3 is 2.36 bits per heavy atom. The molecule has 0 saturated heterocycles. The number of hydrogen-bond donors (Lipinski definition) is 2. The molecule has 0 amide bonds. The summed E-state index contributed by atoms with van der Waals surface area (Å²) in [6, 6.07) is 8.81. The molecule has 4 N–H and O–H groups in total.